The van der Waals surface area contributed by atoms with Gasteiger partial charge in [0.15, 0.2) is 0 Å². The van der Waals surface area contributed by atoms with Crippen molar-refractivity contribution in [2.24, 2.45) is 0 Å². The molecular weight excluding hydrogens is 226 g/mol. The Morgan fingerprint density at radius 1 is 1.44 bits per heavy atom. The van der Waals surface area contributed by atoms with Crippen molar-refractivity contribution in [3.8, 4) is 5.75 Å². The van der Waals surface area contributed by atoms with Gasteiger partial charge >= 0.3 is 0 Å². The average Bonchev–Trinajstić information content (AvgIpc) is 2.19. The predicted molar refractivity (Wildman–Crippen MR) is 65.3 cm³/mol. The first-order valence-electron chi connectivity index (χ1n) is 5.10. The van der Waals surface area contributed by atoms with Crippen LogP contribution in [0.5, 0.6) is 5.75 Å². The van der Waals surface area contributed by atoms with Crippen molar-refractivity contribution < 1.29 is 9.53 Å². The van der Waals surface area contributed by atoms with Crippen LogP contribution in [0.2, 0.25) is 5.02 Å². The highest BCUT2D eigenvalue weighted by molar-refractivity contribution is 6.32. The molecule has 0 saturated carbocycles. The number of hydrogen-bond donors (Lipinski definition) is 1. The average molecular weight is 242 g/mol. The molecule has 0 bridgehead atoms. The molecule has 0 unspecified atom stereocenters. The smallest absolute Gasteiger partial charge is 0.251 e. The third-order valence-electron chi connectivity index (χ3n) is 2.16. The maximum absolute atomic E-state index is 11.8. The van der Waals surface area contributed by atoms with E-state index in [0.29, 0.717) is 16.3 Å². The number of amides is 1. The molecule has 0 radical (unpaired) electrons. The van der Waals surface area contributed by atoms with Gasteiger partial charge in [-0.3, -0.25) is 4.79 Å². The van der Waals surface area contributed by atoms with E-state index in [1.807, 2.05) is 20.8 Å². The summed E-state index contributed by atoms with van der Waals surface area (Å²) >= 11 is 5.98. The zero-order chi connectivity index (χ0) is 12.3. The summed E-state index contributed by atoms with van der Waals surface area (Å²) in [5.74, 6) is 0.470. The van der Waals surface area contributed by atoms with Crippen LogP contribution in [0.15, 0.2) is 12.1 Å². The maximum atomic E-state index is 11.8. The second kappa shape index (κ2) is 5.21. The number of halogens is 1. The van der Waals surface area contributed by atoms with Gasteiger partial charge in [-0.2, -0.15) is 0 Å². The molecular formula is C12H16ClNO2. The lowest BCUT2D eigenvalue weighted by atomic mass is 10.1. The van der Waals surface area contributed by atoms with Crippen molar-refractivity contribution in [3.63, 3.8) is 0 Å². The molecule has 1 rings (SSSR count). The van der Waals surface area contributed by atoms with Crippen LogP contribution in [0.25, 0.3) is 0 Å². The molecule has 0 heterocycles. The summed E-state index contributed by atoms with van der Waals surface area (Å²) in [6.45, 7) is 5.69. The minimum atomic E-state index is -0.114. The van der Waals surface area contributed by atoms with E-state index in [0.717, 1.165) is 5.56 Å². The van der Waals surface area contributed by atoms with Gasteiger partial charge in [0, 0.05) is 11.6 Å². The molecule has 0 spiro atoms. The van der Waals surface area contributed by atoms with Gasteiger partial charge in [-0.1, -0.05) is 11.6 Å². The van der Waals surface area contributed by atoms with Crippen molar-refractivity contribution in [2.75, 3.05) is 7.11 Å². The third kappa shape index (κ3) is 2.89. The van der Waals surface area contributed by atoms with Crippen LogP contribution in [0.3, 0.4) is 0 Å². The fourth-order valence-electron chi connectivity index (χ4n) is 1.40. The molecule has 1 amide bonds. The lowest BCUT2D eigenvalue weighted by Crippen LogP contribution is -2.30. The molecule has 0 aliphatic rings. The SMILES string of the molecule is COc1cc(C)c(C(=O)NC(C)C)cc1Cl. The Kier molecular flexibility index (Phi) is 4.19. The largest absolute Gasteiger partial charge is 0.495 e. The van der Waals surface area contributed by atoms with Crippen molar-refractivity contribution in [1.82, 2.24) is 5.32 Å². The second-order valence-electron chi connectivity index (χ2n) is 3.93. The topological polar surface area (TPSA) is 38.3 Å². The zero-order valence-electron chi connectivity index (χ0n) is 9.93. The van der Waals surface area contributed by atoms with E-state index in [9.17, 15) is 4.79 Å². The quantitative estimate of drug-likeness (QED) is 0.884. The first-order chi connectivity index (χ1) is 7.45. The summed E-state index contributed by atoms with van der Waals surface area (Å²) in [6, 6.07) is 3.50. The van der Waals surface area contributed by atoms with Crippen LogP contribution in [0.4, 0.5) is 0 Å². The van der Waals surface area contributed by atoms with Gasteiger partial charge in [-0.25, -0.2) is 0 Å². The van der Waals surface area contributed by atoms with Crippen LogP contribution in [-0.4, -0.2) is 19.1 Å². The minimum Gasteiger partial charge on any atom is -0.495 e. The molecule has 88 valence electrons. The number of carbonyl (C=O) groups excluding carboxylic acids is 1. The number of benzene rings is 1. The third-order valence-corrected chi connectivity index (χ3v) is 2.46. The predicted octanol–water partition coefficient (Wildman–Crippen LogP) is 2.80. The van der Waals surface area contributed by atoms with E-state index in [4.69, 9.17) is 16.3 Å². The van der Waals surface area contributed by atoms with E-state index in [2.05, 4.69) is 5.32 Å². The van der Waals surface area contributed by atoms with Crippen molar-refractivity contribution in [2.45, 2.75) is 26.8 Å². The molecule has 1 aromatic rings. The number of hydrogen-bond acceptors (Lipinski definition) is 2. The van der Waals surface area contributed by atoms with Crippen molar-refractivity contribution in [1.29, 1.82) is 0 Å². The van der Waals surface area contributed by atoms with Gasteiger partial charge in [0.2, 0.25) is 0 Å². The number of methoxy groups -OCH3 is 1. The van der Waals surface area contributed by atoms with E-state index < -0.39 is 0 Å². The highest BCUT2D eigenvalue weighted by Crippen LogP contribution is 2.27. The normalized spacial score (nSPS) is 10.4. The minimum absolute atomic E-state index is 0.104. The highest BCUT2D eigenvalue weighted by Gasteiger charge is 2.13. The van der Waals surface area contributed by atoms with Crippen LogP contribution in [0, 0.1) is 6.92 Å². The van der Waals surface area contributed by atoms with Gasteiger partial charge in [0.05, 0.1) is 12.1 Å². The van der Waals surface area contributed by atoms with Crippen LogP contribution >= 0.6 is 11.6 Å². The monoisotopic (exact) mass is 241 g/mol. The van der Waals surface area contributed by atoms with Crippen molar-refractivity contribution >= 4 is 17.5 Å². The molecule has 0 saturated heterocycles. The maximum Gasteiger partial charge on any atom is 0.251 e. The van der Waals surface area contributed by atoms with Gasteiger partial charge < -0.3 is 10.1 Å². The van der Waals surface area contributed by atoms with Gasteiger partial charge in [0.25, 0.3) is 5.91 Å². The van der Waals surface area contributed by atoms with E-state index in [-0.39, 0.29) is 11.9 Å². The summed E-state index contributed by atoms with van der Waals surface area (Å²) in [7, 11) is 1.55. The van der Waals surface area contributed by atoms with Crippen LogP contribution in [-0.2, 0) is 0 Å². The standard InChI is InChI=1S/C12H16ClNO2/c1-7(2)14-12(15)9-6-10(13)11(16-4)5-8(9)3/h5-7H,1-4H3,(H,14,15). The second-order valence-corrected chi connectivity index (χ2v) is 4.34. The van der Waals surface area contributed by atoms with Crippen LogP contribution < -0.4 is 10.1 Å². The summed E-state index contributed by atoms with van der Waals surface area (Å²) in [5, 5.41) is 3.27. The molecule has 0 fully saturated rings. The molecule has 0 aromatic heterocycles. The highest BCUT2D eigenvalue weighted by atomic mass is 35.5. The Bertz CT molecular complexity index is 402. The molecule has 4 heteroatoms. The van der Waals surface area contributed by atoms with E-state index in [1.54, 1.807) is 19.2 Å². The van der Waals surface area contributed by atoms with Crippen molar-refractivity contribution in [3.05, 3.63) is 28.3 Å². The van der Waals surface area contributed by atoms with E-state index >= 15 is 0 Å². The Hall–Kier alpha value is -1.22. The molecule has 0 atom stereocenters. The lowest BCUT2D eigenvalue weighted by molar-refractivity contribution is 0.0942. The summed E-state index contributed by atoms with van der Waals surface area (Å²) in [5.41, 5.74) is 1.43. The first kappa shape index (κ1) is 12.8. The Labute approximate surface area is 101 Å². The molecule has 1 aromatic carbocycles. The number of rotatable bonds is 3. The fourth-order valence-corrected chi connectivity index (χ4v) is 1.64. The summed E-state index contributed by atoms with van der Waals surface area (Å²) < 4.78 is 5.08. The molecule has 3 nitrogen and oxygen atoms in total. The summed E-state index contributed by atoms with van der Waals surface area (Å²) in [4.78, 5) is 11.8. The fraction of sp³-hybridized carbons (Fsp3) is 0.417. The van der Waals surface area contributed by atoms with E-state index in [1.165, 1.54) is 0 Å². The number of aryl methyl sites for hydroxylation is 1. The number of ether oxygens (including phenoxy) is 1. The molecule has 1 N–H and O–H groups in total. The van der Waals surface area contributed by atoms with Gasteiger partial charge in [-0.05, 0) is 38.5 Å². The Morgan fingerprint density at radius 2 is 2.06 bits per heavy atom. The molecule has 16 heavy (non-hydrogen) atoms. The molecule has 0 aliphatic heterocycles. The van der Waals surface area contributed by atoms with Gasteiger partial charge in [0.1, 0.15) is 5.75 Å². The van der Waals surface area contributed by atoms with Gasteiger partial charge in [-0.15, -0.1) is 0 Å². The number of carbonyl (C=O) groups is 1. The zero-order valence-corrected chi connectivity index (χ0v) is 10.7. The summed E-state index contributed by atoms with van der Waals surface area (Å²) in [6.07, 6.45) is 0. The lowest BCUT2D eigenvalue weighted by Gasteiger charge is -2.12. The molecule has 0 aliphatic carbocycles. The first-order valence-corrected chi connectivity index (χ1v) is 5.48. The Balaban J connectivity index is 3.06. The van der Waals surface area contributed by atoms with Crippen LogP contribution in [0.1, 0.15) is 29.8 Å². The Morgan fingerprint density at radius 3 is 2.56 bits per heavy atom. The number of nitrogens with one attached hydrogen (secondary N) is 1.